The minimum atomic E-state index is -0.174. The number of hydrogen-bond donors (Lipinski definition) is 1. The van der Waals surface area contributed by atoms with Crippen LogP contribution in [0.3, 0.4) is 0 Å². The minimum Gasteiger partial charge on any atom is -0.418 e. The molecule has 0 amide bonds. The molecule has 1 aromatic heterocycles. The summed E-state index contributed by atoms with van der Waals surface area (Å²) in [7, 11) is 0. The van der Waals surface area contributed by atoms with Crippen LogP contribution in [0.25, 0.3) is 0 Å². The molecule has 0 atom stereocenters. The summed E-state index contributed by atoms with van der Waals surface area (Å²) in [6.07, 6.45) is 1.58. The van der Waals surface area contributed by atoms with Crippen LogP contribution in [0.5, 0.6) is 0 Å². The Morgan fingerprint density at radius 1 is 1.42 bits per heavy atom. The van der Waals surface area contributed by atoms with Gasteiger partial charge in [0.25, 0.3) is 0 Å². The maximum absolute atomic E-state index is 5.54. The molecular formula is C14H18N3OY-. The van der Waals surface area contributed by atoms with Crippen molar-refractivity contribution in [3.05, 3.63) is 24.0 Å². The standard InChI is InChI=1S/C14H18N3O.Y/c1-14(2,17-7-9-18-10-8-17)6-5-13-4-3-12(15)11-16-13;/h4,11H,7-10,15H2,1-2H3;/q-1;. The van der Waals surface area contributed by atoms with E-state index in [0.29, 0.717) is 11.4 Å². The van der Waals surface area contributed by atoms with Crippen molar-refractivity contribution in [1.29, 1.82) is 0 Å². The summed E-state index contributed by atoms with van der Waals surface area (Å²) in [5, 5.41) is 0. The number of aromatic nitrogens is 1. The van der Waals surface area contributed by atoms with Crippen LogP contribution < -0.4 is 5.73 Å². The zero-order valence-corrected chi connectivity index (χ0v) is 14.3. The van der Waals surface area contributed by atoms with E-state index in [4.69, 9.17) is 10.5 Å². The Morgan fingerprint density at radius 2 is 2.11 bits per heavy atom. The van der Waals surface area contributed by atoms with Crippen LogP contribution in [0.2, 0.25) is 0 Å². The van der Waals surface area contributed by atoms with E-state index < -0.39 is 0 Å². The van der Waals surface area contributed by atoms with E-state index in [9.17, 15) is 0 Å². The van der Waals surface area contributed by atoms with Crippen molar-refractivity contribution in [2.24, 2.45) is 0 Å². The number of nitrogens with two attached hydrogens (primary N) is 1. The topological polar surface area (TPSA) is 51.4 Å². The maximum Gasteiger partial charge on any atom is 0.0763 e. The number of ether oxygens (including phenoxy) is 1. The van der Waals surface area contributed by atoms with Gasteiger partial charge in [0.15, 0.2) is 0 Å². The van der Waals surface area contributed by atoms with Crippen molar-refractivity contribution in [1.82, 2.24) is 9.88 Å². The molecule has 0 saturated carbocycles. The van der Waals surface area contributed by atoms with Crippen molar-refractivity contribution in [2.75, 3.05) is 32.0 Å². The van der Waals surface area contributed by atoms with Gasteiger partial charge in [0.05, 0.1) is 18.8 Å². The molecule has 1 aliphatic rings. The number of morpholine rings is 1. The molecule has 19 heavy (non-hydrogen) atoms. The minimum absolute atomic E-state index is 0. The summed E-state index contributed by atoms with van der Waals surface area (Å²) in [6, 6.07) is 4.61. The summed E-state index contributed by atoms with van der Waals surface area (Å²) in [5.41, 5.74) is 6.60. The Hall–Kier alpha value is -0.466. The van der Waals surface area contributed by atoms with E-state index >= 15 is 0 Å². The third-order valence-corrected chi connectivity index (χ3v) is 3.02. The average molecular weight is 333 g/mol. The zero-order chi connectivity index (χ0) is 13.0. The fourth-order valence-corrected chi connectivity index (χ4v) is 1.85. The van der Waals surface area contributed by atoms with Crippen molar-refractivity contribution >= 4 is 5.69 Å². The van der Waals surface area contributed by atoms with Crippen molar-refractivity contribution in [3.63, 3.8) is 0 Å². The quantitative estimate of drug-likeness (QED) is 0.614. The Kier molecular flexibility index (Phi) is 6.42. The molecular weight excluding hydrogens is 315 g/mol. The van der Waals surface area contributed by atoms with Crippen molar-refractivity contribution < 1.29 is 37.4 Å². The third kappa shape index (κ3) is 4.85. The maximum atomic E-state index is 5.54. The van der Waals surface area contributed by atoms with E-state index in [2.05, 4.69) is 41.6 Å². The predicted molar refractivity (Wildman–Crippen MR) is 70.8 cm³/mol. The molecule has 0 aromatic carbocycles. The Bertz CT molecular complexity index is 456. The SMILES string of the molecule is CC(C)(C#Cc1c[c-]c(N)cn1)N1CCOCC1.[Y]. The summed E-state index contributed by atoms with van der Waals surface area (Å²) < 4.78 is 5.35. The first-order valence-corrected chi connectivity index (χ1v) is 6.07. The molecule has 5 heteroatoms. The van der Waals surface area contributed by atoms with Gasteiger partial charge in [0.2, 0.25) is 0 Å². The summed E-state index contributed by atoms with van der Waals surface area (Å²) in [6.45, 7) is 7.63. The van der Waals surface area contributed by atoms with Crippen molar-refractivity contribution in [2.45, 2.75) is 19.4 Å². The number of hydrogen-bond acceptors (Lipinski definition) is 4. The normalized spacial score (nSPS) is 16.1. The Labute approximate surface area is 140 Å². The smallest absolute Gasteiger partial charge is 0.0763 e. The van der Waals surface area contributed by atoms with Crippen LogP contribution in [0.15, 0.2) is 12.3 Å². The molecule has 0 spiro atoms. The molecule has 2 N–H and O–H groups in total. The second-order valence-electron chi connectivity index (χ2n) is 4.80. The summed E-state index contributed by atoms with van der Waals surface area (Å²) in [4.78, 5) is 6.48. The fraction of sp³-hybridized carbons (Fsp3) is 0.500. The third-order valence-electron chi connectivity index (χ3n) is 3.02. The molecule has 1 aliphatic heterocycles. The van der Waals surface area contributed by atoms with Crippen LogP contribution in [-0.4, -0.2) is 41.7 Å². The molecule has 1 fully saturated rings. The molecule has 0 unspecified atom stereocenters. The van der Waals surface area contributed by atoms with Gasteiger partial charge in [0.1, 0.15) is 0 Å². The van der Waals surface area contributed by atoms with E-state index in [0.717, 1.165) is 26.3 Å². The number of nitrogen functional groups attached to an aromatic ring is 1. The predicted octanol–water partition coefficient (Wildman–Crippen LogP) is 0.924. The zero-order valence-electron chi connectivity index (χ0n) is 11.4. The van der Waals surface area contributed by atoms with Crippen LogP contribution in [0.1, 0.15) is 19.5 Å². The number of rotatable bonds is 1. The average Bonchev–Trinajstić information content (AvgIpc) is 2.39. The van der Waals surface area contributed by atoms with Gasteiger partial charge in [-0.05, 0) is 19.5 Å². The molecule has 99 valence electrons. The summed E-state index contributed by atoms with van der Waals surface area (Å²) in [5.74, 6) is 6.34. The number of pyridine rings is 1. The molecule has 4 nitrogen and oxygen atoms in total. The molecule has 1 saturated heterocycles. The van der Waals surface area contributed by atoms with E-state index in [1.54, 1.807) is 12.3 Å². The number of nitrogens with zero attached hydrogens (tertiary/aromatic N) is 2. The summed E-state index contributed by atoms with van der Waals surface area (Å²) >= 11 is 0. The van der Waals surface area contributed by atoms with Gasteiger partial charge < -0.3 is 15.5 Å². The largest absolute Gasteiger partial charge is 0.418 e. The fourth-order valence-electron chi connectivity index (χ4n) is 1.85. The van der Waals surface area contributed by atoms with Gasteiger partial charge in [-0.25, -0.2) is 0 Å². The van der Waals surface area contributed by atoms with Gasteiger partial charge >= 0.3 is 0 Å². The molecule has 1 radical (unpaired) electrons. The van der Waals surface area contributed by atoms with Crippen LogP contribution in [0, 0.1) is 17.9 Å². The first kappa shape index (κ1) is 16.6. The van der Waals surface area contributed by atoms with E-state index in [1.165, 1.54) is 0 Å². The van der Waals surface area contributed by atoms with Gasteiger partial charge in [-0.3, -0.25) is 4.90 Å². The van der Waals surface area contributed by atoms with Crippen LogP contribution in [-0.2, 0) is 37.4 Å². The van der Waals surface area contributed by atoms with E-state index in [1.807, 2.05) is 0 Å². The van der Waals surface area contributed by atoms with Crippen molar-refractivity contribution in [3.8, 4) is 11.8 Å². The monoisotopic (exact) mass is 333 g/mol. The van der Waals surface area contributed by atoms with Crippen LogP contribution >= 0.6 is 0 Å². The van der Waals surface area contributed by atoms with E-state index in [-0.39, 0.29) is 38.2 Å². The van der Waals surface area contributed by atoms with Gasteiger partial charge in [-0.2, -0.15) is 6.07 Å². The molecule has 0 bridgehead atoms. The molecule has 2 rings (SSSR count). The second-order valence-corrected chi connectivity index (χ2v) is 4.80. The first-order chi connectivity index (χ1) is 8.58. The molecule has 2 heterocycles. The Balaban J connectivity index is 0.00000180. The number of anilines is 1. The van der Waals surface area contributed by atoms with Crippen LogP contribution in [0.4, 0.5) is 5.69 Å². The second kappa shape index (κ2) is 7.35. The first-order valence-electron chi connectivity index (χ1n) is 6.07. The van der Waals surface area contributed by atoms with Gasteiger partial charge in [0, 0.05) is 45.8 Å². The Morgan fingerprint density at radius 3 is 2.68 bits per heavy atom. The van der Waals surface area contributed by atoms with Gasteiger partial charge in [-0.15, -0.1) is 12.0 Å². The molecule has 0 aliphatic carbocycles. The van der Waals surface area contributed by atoms with Gasteiger partial charge in [-0.1, -0.05) is 17.8 Å². The molecule has 1 aromatic rings.